The number of para-hydroxylation sites is 1. The fourth-order valence-corrected chi connectivity index (χ4v) is 3.20. The van der Waals surface area contributed by atoms with Crippen molar-refractivity contribution in [3.8, 4) is 16.9 Å². The number of aromatic nitrogens is 3. The van der Waals surface area contributed by atoms with Crippen LogP contribution in [0.3, 0.4) is 0 Å². The smallest absolute Gasteiger partial charge is 0.170 e. The molecule has 0 atom stereocenters. The highest BCUT2D eigenvalue weighted by Gasteiger charge is 2.11. The van der Waals surface area contributed by atoms with E-state index in [-0.39, 0.29) is 5.78 Å². The highest BCUT2D eigenvalue weighted by atomic mass is 16.5. The first-order valence-electron chi connectivity index (χ1n) is 8.97. The highest BCUT2D eigenvalue weighted by Crippen LogP contribution is 2.27. The topological polar surface area (TPSA) is 68.5 Å². The molecular formula is C22H20N4O2. The first kappa shape index (κ1) is 17.7. The molecule has 28 heavy (non-hydrogen) atoms. The number of pyridine rings is 1. The summed E-state index contributed by atoms with van der Waals surface area (Å²) in [7, 11) is 1.67. The van der Waals surface area contributed by atoms with Crippen LogP contribution in [0.1, 0.15) is 22.8 Å². The van der Waals surface area contributed by atoms with Gasteiger partial charge in [0.2, 0.25) is 0 Å². The van der Waals surface area contributed by atoms with Crippen LogP contribution >= 0.6 is 0 Å². The van der Waals surface area contributed by atoms with Crippen molar-refractivity contribution in [2.24, 2.45) is 0 Å². The molecule has 0 aliphatic rings. The number of fused-ring (bicyclic) bond motifs is 1. The van der Waals surface area contributed by atoms with E-state index in [4.69, 9.17) is 4.74 Å². The molecule has 2 heterocycles. The van der Waals surface area contributed by atoms with Gasteiger partial charge in [-0.05, 0) is 30.7 Å². The Balaban J connectivity index is 1.65. The lowest BCUT2D eigenvalue weighted by Crippen LogP contribution is -2.05. The van der Waals surface area contributed by atoms with Gasteiger partial charge in [-0.3, -0.25) is 9.20 Å². The third-order valence-corrected chi connectivity index (χ3v) is 4.71. The third-order valence-electron chi connectivity index (χ3n) is 4.71. The summed E-state index contributed by atoms with van der Waals surface area (Å²) in [6.45, 7) is 2.18. The summed E-state index contributed by atoms with van der Waals surface area (Å²) >= 11 is 0. The summed E-state index contributed by atoms with van der Waals surface area (Å²) in [4.78, 5) is 11.5. The molecule has 6 heteroatoms. The van der Waals surface area contributed by atoms with Gasteiger partial charge in [0.15, 0.2) is 11.4 Å². The molecule has 0 amide bonds. The number of Topliss-reactive ketones (excluding diaryl/α,β-unsaturated/α-hetero) is 1. The van der Waals surface area contributed by atoms with Gasteiger partial charge in [0, 0.05) is 23.2 Å². The zero-order chi connectivity index (χ0) is 19.5. The largest absolute Gasteiger partial charge is 0.496 e. The fraction of sp³-hybridized carbons (Fsp3) is 0.136. The molecule has 0 aliphatic heterocycles. The maximum atomic E-state index is 11.5. The third kappa shape index (κ3) is 3.32. The van der Waals surface area contributed by atoms with Gasteiger partial charge in [-0.25, -0.2) is 0 Å². The number of ketones is 1. The second-order valence-electron chi connectivity index (χ2n) is 6.46. The summed E-state index contributed by atoms with van der Waals surface area (Å²) in [6.07, 6.45) is 1.69. The first-order chi connectivity index (χ1) is 13.7. The molecule has 0 bridgehead atoms. The fourth-order valence-electron chi connectivity index (χ4n) is 3.20. The van der Waals surface area contributed by atoms with E-state index in [0.29, 0.717) is 12.1 Å². The number of nitrogens with zero attached hydrogens (tertiary/aromatic N) is 3. The lowest BCUT2D eigenvalue weighted by Gasteiger charge is -2.13. The lowest BCUT2D eigenvalue weighted by atomic mass is 10.0. The van der Waals surface area contributed by atoms with Gasteiger partial charge < -0.3 is 10.1 Å². The normalized spacial score (nSPS) is 10.8. The molecule has 0 aliphatic carbocycles. The molecule has 0 radical (unpaired) electrons. The number of benzene rings is 2. The molecule has 6 nitrogen and oxygen atoms in total. The van der Waals surface area contributed by atoms with Crippen LogP contribution in [0.4, 0.5) is 5.82 Å². The van der Waals surface area contributed by atoms with Crippen LogP contribution in [0.2, 0.25) is 0 Å². The molecular weight excluding hydrogens is 352 g/mol. The number of ether oxygens (including phenoxy) is 1. The van der Waals surface area contributed by atoms with Crippen molar-refractivity contribution in [1.29, 1.82) is 0 Å². The van der Waals surface area contributed by atoms with Crippen LogP contribution in [-0.2, 0) is 6.54 Å². The minimum atomic E-state index is 0.0510. The average molecular weight is 372 g/mol. The van der Waals surface area contributed by atoms with Crippen LogP contribution in [0.25, 0.3) is 16.8 Å². The van der Waals surface area contributed by atoms with E-state index in [0.717, 1.165) is 33.9 Å². The average Bonchev–Trinajstić information content (AvgIpc) is 3.22. The molecule has 0 saturated heterocycles. The summed E-state index contributed by atoms with van der Waals surface area (Å²) < 4.78 is 7.33. The summed E-state index contributed by atoms with van der Waals surface area (Å²) in [5, 5.41) is 11.8. The van der Waals surface area contributed by atoms with Crippen LogP contribution in [0.5, 0.6) is 5.75 Å². The van der Waals surface area contributed by atoms with Crippen molar-refractivity contribution in [2.75, 3.05) is 12.4 Å². The Hall–Kier alpha value is -3.67. The molecule has 140 valence electrons. The number of rotatable bonds is 6. The van der Waals surface area contributed by atoms with Crippen molar-refractivity contribution >= 4 is 17.2 Å². The van der Waals surface area contributed by atoms with Crippen LogP contribution in [-0.4, -0.2) is 27.5 Å². The summed E-state index contributed by atoms with van der Waals surface area (Å²) in [5.41, 5.74) is 4.45. The van der Waals surface area contributed by atoms with E-state index in [1.165, 1.54) is 0 Å². The number of hydrogen-bond acceptors (Lipinski definition) is 5. The molecule has 2 aromatic heterocycles. The Morgan fingerprint density at radius 2 is 1.86 bits per heavy atom. The van der Waals surface area contributed by atoms with Crippen LogP contribution < -0.4 is 10.1 Å². The molecule has 0 spiro atoms. The first-order valence-corrected chi connectivity index (χ1v) is 8.97. The van der Waals surface area contributed by atoms with Gasteiger partial charge >= 0.3 is 0 Å². The molecule has 0 saturated carbocycles. The Morgan fingerprint density at radius 3 is 2.61 bits per heavy atom. The van der Waals surface area contributed by atoms with E-state index >= 15 is 0 Å². The zero-order valence-corrected chi connectivity index (χ0v) is 15.7. The number of hydrogen-bond donors (Lipinski definition) is 1. The second kappa shape index (κ2) is 7.52. The number of carbonyl (C=O) groups excluding carboxylic acids is 1. The summed E-state index contributed by atoms with van der Waals surface area (Å²) in [6, 6.07) is 19.5. The van der Waals surface area contributed by atoms with E-state index in [1.807, 2.05) is 65.1 Å². The van der Waals surface area contributed by atoms with Gasteiger partial charge in [-0.2, -0.15) is 0 Å². The standard InChI is InChI=1S/C22H20N4O2/c1-15(27)16-7-9-17(10-8-16)19-11-12-21(26-14-24-25-22(19)26)23-13-18-5-3-4-6-20(18)28-2/h3-12,14,23H,13H2,1-2H3. The Bertz CT molecular complexity index is 1130. The van der Waals surface area contributed by atoms with E-state index in [2.05, 4.69) is 15.5 Å². The zero-order valence-electron chi connectivity index (χ0n) is 15.7. The number of methoxy groups -OCH3 is 1. The highest BCUT2D eigenvalue weighted by molar-refractivity contribution is 5.94. The maximum absolute atomic E-state index is 11.5. The van der Waals surface area contributed by atoms with Crippen LogP contribution in [0.15, 0.2) is 67.0 Å². The number of carbonyl (C=O) groups is 1. The van der Waals surface area contributed by atoms with Gasteiger partial charge in [0.05, 0.1) is 7.11 Å². The molecule has 4 rings (SSSR count). The number of nitrogens with one attached hydrogen (secondary N) is 1. The van der Waals surface area contributed by atoms with Crippen molar-refractivity contribution in [3.05, 3.63) is 78.1 Å². The second-order valence-corrected chi connectivity index (χ2v) is 6.46. The maximum Gasteiger partial charge on any atom is 0.170 e. The number of anilines is 1. The van der Waals surface area contributed by atoms with Gasteiger partial charge in [0.1, 0.15) is 17.9 Å². The lowest BCUT2D eigenvalue weighted by molar-refractivity contribution is 0.101. The predicted molar refractivity (Wildman–Crippen MR) is 109 cm³/mol. The van der Waals surface area contributed by atoms with E-state index in [1.54, 1.807) is 20.4 Å². The molecule has 2 aromatic carbocycles. The van der Waals surface area contributed by atoms with E-state index in [9.17, 15) is 4.79 Å². The predicted octanol–water partition coefficient (Wildman–Crippen LogP) is 4.22. The van der Waals surface area contributed by atoms with Crippen molar-refractivity contribution < 1.29 is 9.53 Å². The monoisotopic (exact) mass is 372 g/mol. The molecule has 1 N–H and O–H groups in total. The van der Waals surface area contributed by atoms with Gasteiger partial charge in [-0.15, -0.1) is 10.2 Å². The molecule has 0 fully saturated rings. The van der Waals surface area contributed by atoms with Crippen LogP contribution in [0, 0.1) is 0 Å². The van der Waals surface area contributed by atoms with Crippen molar-refractivity contribution in [1.82, 2.24) is 14.6 Å². The SMILES string of the molecule is COc1ccccc1CNc1ccc(-c2ccc(C(C)=O)cc2)c2nncn12. The van der Waals surface area contributed by atoms with Crippen molar-refractivity contribution in [2.45, 2.75) is 13.5 Å². The van der Waals surface area contributed by atoms with Gasteiger partial charge in [0.25, 0.3) is 0 Å². The molecule has 0 unspecified atom stereocenters. The minimum absolute atomic E-state index is 0.0510. The minimum Gasteiger partial charge on any atom is -0.496 e. The molecule has 4 aromatic rings. The quantitative estimate of drug-likeness (QED) is 0.513. The van der Waals surface area contributed by atoms with Crippen molar-refractivity contribution in [3.63, 3.8) is 0 Å². The Kier molecular flexibility index (Phi) is 4.76. The Morgan fingerprint density at radius 1 is 1.07 bits per heavy atom. The summed E-state index contributed by atoms with van der Waals surface area (Å²) in [5.74, 6) is 1.78. The van der Waals surface area contributed by atoms with E-state index < -0.39 is 0 Å². The Labute approximate surface area is 162 Å². The van der Waals surface area contributed by atoms with Gasteiger partial charge in [-0.1, -0.05) is 42.5 Å².